The molecule has 5 nitrogen and oxygen atoms in total. The van der Waals surface area contributed by atoms with Crippen molar-refractivity contribution in [2.45, 2.75) is 26.4 Å². The van der Waals surface area contributed by atoms with Crippen molar-refractivity contribution in [1.82, 2.24) is 14.9 Å². The molecule has 108 valence electrons. The van der Waals surface area contributed by atoms with Gasteiger partial charge >= 0.3 is 5.97 Å². The summed E-state index contributed by atoms with van der Waals surface area (Å²) in [5.74, 6) is 0.830. The Balaban J connectivity index is 2.16. The summed E-state index contributed by atoms with van der Waals surface area (Å²) in [6.45, 7) is 4.51. The topological polar surface area (TPSA) is 56.1 Å². The molecule has 2 rings (SSSR count). The maximum absolute atomic E-state index is 11.7. The van der Waals surface area contributed by atoms with Gasteiger partial charge in [-0.2, -0.15) is 0 Å². The molecule has 0 bridgehead atoms. The van der Waals surface area contributed by atoms with Crippen LogP contribution >= 0.6 is 0 Å². The maximum atomic E-state index is 11.7. The molecule has 2 aromatic rings. The minimum absolute atomic E-state index is 0.164. The van der Waals surface area contributed by atoms with Crippen LogP contribution in [0.5, 0.6) is 0 Å². The first-order chi connectivity index (χ1) is 9.54. The number of nitrogens with one attached hydrogen (secondary N) is 1. The van der Waals surface area contributed by atoms with E-state index < -0.39 is 0 Å². The Bertz CT molecular complexity index is 604. The first kappa shape index (κ1) is 14.5. The monoisotopic (exact) mass is 275 g/mol. The fraction of sp³-hybridized carbons (Fsp3) is 0.467. The molecule has 1 atom stereocenters. The van der Waals surface area contributed by atoms with Gasteiger partial charge in [-0.1, -0.05) is 26.0 Å². The van der Waals surface area contributed by atoms with Crippen LogP contribution in [0, 0.1) is 5.92 Å². The van der Waals surface area contributed by atoms with Gasteiger partial charge in [0.1, 0.15) is 11.9 Å². The van der Waals surface area contributed by atoms with E-state index in [1.165, 1.54) is 7.11 Å². The van der Waals surface area contributed by atoms with Crippen molar-refractivity contribution >= 4 is 17.0 Å². The molecule has 0 aliphatic carbocycles. The maximum Gasteiger partial charge on any atom is 0.323 e. The van der Waals surface area contributed by atoms with E-state index in [1.807, 2.05) is 49.7 Å². The van der Waals surface area contributed by atoms with Gasteiger partial charge in [0.25, 0.3) is 0 Å². The lowest BCUT2D eigenvalue weighted by Gasteiger charge is -2.19. The third-order valence-electron chi connectivity index (χ3n) is 3.48. The third kappa shape index (κ3) is 2.82. The van der Waals surface area contributed by atoms with E-state index in [1.54, 1.807) is 0 Å². The van der Waals surface area contributed by atoms with Crippen molar-refractivity contribution in [3.8, 4) is 0 Å². The lowest BCUT2D eigenvalue weighted by atomic mass is 10.0. The largest absolute Gasteiger partial charge is 0.468 e. The molecular formula is C15H21N3O2. The zero-order valence-electron chi connectivity index (χ0n) is 12.4. The lowest BCUT2D eigenvalue weighted by Crippen LogP contribution is -2.41. The number of aromatic nitrogens is 2. The number of hydrogen-bond acceptors (Lipinski definition) is 4. The number of methoxy groups -OCH3 is 1. The molecule has 1 N–H and O–H groups in total. The molecule has 0 unspecified atom stereocenters. The first-order valence-electron chi connectivity index (χ1n) is 6.76. The number of nitrogens with zero attached hydrogens (tertiary/aromatic N) is 2. The van der Waals surface area contributed by atoms with Crippen LogP contribution in [-0.4, -0.2) is 28.7 Å². The molecule has 0 radical (unpaired) electrons. The number of fused-ring (bicyclic) bond motifs is 1. The Labute approximate surface area is 118 Å². The van der Waals surface area contributed by atoms with Gasteiger partial charge in [0, 0.05) is 7.05 Å². The number of benzene rings is 1. The molecule has 1 aromatic carbocycles. The van der Waals surface area contributed by atoms with Crippen molar-refractivity contribution in [2.24, 2.45) is 13.0 Å². The predicted molar refractivity (Wildman–Crippen MR) is 78.2 cm³/mol. The van der Waals surface area contributed by atoms with E-state index in [9.17, 15) is 4.79 Å². The minimum atomic E-state index is -0.320. The van der Waals surface area contributed by atoms with Crippen molar-refractivity contribution < 1.29 is 9.53 Å². The quantitative estimate of drug-likeness (QED) is 0.846. The highest BCUT2D eigenvalue weighted by molar-refractivity contribution is 5.76. The summed E-state index contributed by atoms with van der Waals surface area (Å²) >= 11 is 0. The summed E-state index contributed by atoms with van der Waals surface area (Å²) in [4.78, 5) is 16.3. The van der Waals surface area contributed by atoms with Gasteiger partial charge in [-0.15, -0.1) is 0 Å². The first-order valence-corrected chi connectivity index (χ1v) is 6.76. The van der Waals surface area contributed by atoms with Crippen LogP contribution in [0.4, 0.5) is 0 Å². The van der Waals surface area contributed by atoms with Gasteiger partial charge in [0.2, 0.25) is 0 Å². The summed E-state index contributed by atoms with van der Waals surface area (Å²) in [6.07, 6.45) is 0. The highest BCUT2D eigenvalue weighted by Gasteiger charge is 2.22. The van der Waals surface area contributed by atoms with E-state index in [0.29, 0.717) is 6.54 Å². The summed E-state index contributed by atoms with van der Waals surface area (Å²) in [6, 6.07) is 7.66. The third-order valence-corrected chi connectivity index (χ3v) is 3.48. The van der Waals surface area contributed by atoms with Crippen LogP contribution in [0.2, 0.25) is 0 Å². The Morgan fingerprint density at radius 3 is 2.70 bits per heavy atom. The standard InChI is InChI=1S/C15H21N3O2/c1-10(2)14(15(19)20-4)16-9-13-17-11-7-5-6-8-12(11)18(13)3/h5-8,10,14,16H,9H2,1-4H3/t14-/m0/s1. The number of para-hydroxylation sites is 2. The zero-order chi connectivity index (χ0) is 14.7. The van der Waals surface area contributed by atoms with Crippen LogP contribution in [0.1, 0.15) is 19.7 Å². The van der Waals surface area contributed by atoms with Gasteiger partial charge < -0.3 is 9.30 Å². The predicted octanol–water partition coefficient (Wildman–Crippen LogP) is 1.86. The fourth-order valence-electron chi connectivity index (χ4n) is 2.27. The van der Waals surface area contributed by atoms with Gasteiger partial charge in [-0.25, -0.2) is 4.98 Å². The Morgan fingerprint density at radius 2 is 2.10 bits per heavy atom. The van der Waals surface area contributed by atoms with Crippen LogP contribution < -0.4 is 5.32 Å². The Hall–Kier alpha value is -1.88. The molecule has 0 saturated heterocycles. The normalized spacial score (nSPS) is 12.8. The number of carbonyl (C=O) groups is 1. The summed E-state index contributed by atoms with van der Waals surface area (Å²) in [5, 5.41) is 3.23. The Morgan fingerprint density at radius 1 is 1.40 bits per heavy atom. The van der Waals surface area contributed by atoms with Gasteiger partial charge in [-0.05, 0) is 18.1 Å². The molecule has 0 aliphatic rings. The summed E-state index contributed by atoms with van der Waals surface area (Å²) < 4.78 is 6.86. The number of hydrogen-bond donors (Lipinski definition) is 1. The highest BCUT2D eigenvalue weighted by Crippen LogP contribution is 2.14. The van der Waals surface area contributed by atoms with Crippen LogP contribution in [0.3, 0.4) is 0 Å². The van der Waals surface area contributed by atoms with Gasteiger partial charge in [0.15, 0.2) is 0 Å². The second kappa shape index (κ2) is 6.05. The SMILES string of the molecule is COC(=O)[C@@H](NCc1nc2ccccc2n1C)C(C)C. The second-order valence-corrected chi connectivity index (χ2v) is 5.20. The van der Waals surface area contributed by atoms with Crippen molar-refractivity contribution in [3.63, 3.8) is 0 Å². The molecule has 0 aliphatic heterocycles. The molecule has 0 amide bonds. The zero-order valence-corrected chi connectivity index (χ0v) is 12.4. The molecule has 5 heteroatoms. The fourth-order valence-corrected chi connectivity index (χ4v) is 2.27. The Kier molecular flexibility index (Phi) is 4.39. The van der Waals surface area contributed by atoms with Crippen LogP contribution in [0.15, 0.2) is 24.3 Å². The number of rotatable bonds is 5. The van der Waals surface area contributed by atoms with Crippen molar-refractivity contribution in [3.05, 3.63) is 30.1 Å². The molecule has 1 heterocycles. The van der Waals surface area contributed by atoms with Crippen molar-refractivity contribution in [2.75, 3.05) is 7.11 Å². The lowest BCUT2D eigenvalue weighted by molar-refractivity contribution is -0.144. The van der Waals surface area contributed by atoms with E-state index in [0.717, 1.165) is 16.9 Å². The van der Waals surface area contributed by atoms with E-state index >= 15 is 0 Å². The number of carbonyl (C=O) groups excluding carboxylic acids is 1. The van der Waals surface area contributed by atoms with E-state index in [2.05, 4.69) is 10.3 Å². The molecule has 0 spiro atoms. The van der Waals surface area contributed by atoms with E-state index in [4.69, 9.17) is 4.74 Å². The molecule has 20 heavy (non-hydrogen) atoms. The smallest absolute Gasteiger partial charge is 0.323 e. The average molecular weight is 275 g/mol. The molecule has 0 fully saturated rings. The van der Waals surface area contributed by atoms with E-state index in [-0.39, 0.29) is 17.9 Å². The summed E-state index contributed by atoms with van der Waals surface area (Å²) in [7, 11) is 3.39. The molecular weight excluding hydrogens is 254 g/mol. The second-order valence-electron chi connectivity index (χ2n) is 5.20. The van der Waals surface area contributed by atoms with Crippen LogP contribution in [0.25, 0.3) is 11.0 Å². The number of esters is 1. The number of aryl methyl sites for hydroxylation is 1. The molecule has 1 aromatic heterocycles. The number of imidazole rings is 1. The van der Waals surface area contributed by atoms with Crippen molar-refractivity contribution in [1.29, 1.82) is 0 Å². The summed E-state index contributed by atoms with van der Waals surface area (Å²) in [5.41, 5.74) is 2.05. The van der Waals surface area contributed by atoms with Gasteiger partial charge in [-0.3, -0.25) is 10.1 Å². The number of ether oxygens (including phenoxy) is 1. The van der Waals surface area contributed by atoms with Crippen LogP contribution in [-0.2, 0) is 23.1 Å². The van der Waals surface area contributed by atoms with Gasteiger partial charge in [0.05, 0.1) is 24.7 Å². The molecule has 0 saturated carbocycles. The average Bonchev–Trinajstić information content (AvgIpc) is 2.75. The highest BCUT2D eigenvalue weighted by atomic mass is 16.5. The minimum Gasteiger partial charge on any atom is -0.468 e.